The lowest BCUT2D eigenvalue weighted by molar-refractivity contribution is -0.150. The summed E-state index contributed by atoms with van der Waals surface area (Å²) in [6.07, 6.45) is -1.14. The Bertz CT molecular complexity index is 1490. The van der Waals surface area contributed by atoms with Crippen LogP contribution in [0.1, 0.15) is 59.3 Å². The molecule has 0 bridgehead atoms. The van der Waals surface area contributed by atoms with Crippen molar-refractivity contribution in [3.63, 3.8) is 0 Å². The Balaban J connectivity index is 0. The van der Waals surface area contributed by atoms with E-state index in [1.165, 1.54) is 11.8 Å². The van der Waals surface area contributed by atoms with Crippen molar-refractivity contribution < 1.29 is 102 Å². The maximum absolute atomic E-state index is 12.7. The maximum atomic E-state index is 12.7. The van der Waals surface area contributed by atoms with Crippen LogP contribution in [-0.4, -0.2) is 231 Å². The molecule has 62 heavy (non-hydrogen) atoms. The first-order chi connectivity index (χ1) is 28.8. The van der Waals surface area contributed by atoms with Crippen LogP contribution in [-0.2, 0) is 57.9 Å². The summed E-state index contributed by atoms with van der Waals surface area (Å²) >= 11 is 0. The Hall–Kier alpha value is -4.61. The molecule has 0 spiro atoms. The van der Waals surface area contributed by atoms with Gasteiger partial charge in [0.25, 0.3) is 10.1 Å². The second-order valence-corrected chi connectivity index (χ2v) is 15.3. The summed E-state index contributed by atoms with van der Waals surface area (Å²) in [7, 11) is -4.53. The molecule has 0 radical (unpaired) electrons. The SMILES string of the molecule is CCC(O)CNC(CC(=O)N(CC(=O)O)CC(=O)O)C(=O)O.CCC(O)COCCCCOCC(O)CN(CCNC(=O)C(CCS(=O)(=O)O)N(CC(=O)O)CC(=O)O)C(C)=O. The van der Waals surface area contributed by atoms with Gasteiger partial charge in [-0.15, -0.1) is 0 Å². The van der Waals surface area contributed by atoms with Crippen LogP contribution in [0.4, 0.5) is 0 Å². The molecule has 0 saturated carbocycles. The molecule has 0 aliphatic carbocycles. The molecule has 26 nitrogen and oxygen atoms in total. The van der Waals surface area contributed by atoms with E-state index in [2.05, 4.69) is 10.6 Å². The quantitative estimate of drug-likeness (QED) is 0.0214. The van der Waals surface area contributed by atoms with E-state index in [0.29, 0.717) is 43.8 Å². The molecule has 0 heterocycles. The first kappa shape index (κ1) is 59.5. The molecule has 5 atom stereocenters. The van der Waals surface area contributed by atoms with Gasteiger partial charge in [0, 0.05) is 46.3 Å². The normalized spacial score (nSPS) is 13.7. The molecule has 0 saturated heterocycles. The largest absolute Gasteiger partial charge is 0.480 e. The van der Waals surface area contributed by atoms with Crippen LogP contribution < -0.4 is 10.6 Å². The number of hydrogen-bond acceptors (Lipinski definition) is 17. The molecule has 11 N–H and O–H groups in total. The third kappa shape index (κ3) is 32.2. The molecule has 0 aromatic rings. The van der Waals surface area contributed by atoms with Crippen molar-refractivity contribution in [1.29, 1.82) is 0 Å². The van der Waals surface area contributed by atoms with E-state index in [9.17, 15) is 62.1 Å². The van der Waals surface area contributed by atoms with Crippen LogP contribution in [0.3, 0.4) is 0 Å². The fraction of sp³-hybridized carbons (Fsp3) is 0.771. The number of aliphatic carboxylic acids is 5. The van der Waals surface area contributed by atoms with Crippen LogP contribution in [0.5, 0.6) is 0 Å². The lowest BCUT2D eigenvalue weighted by atomic mass is 10.1. The fourth-order valence-electron chi connectivity index (χ4n) is 4.98. The Morgan fingerprint density at radius 2 is 1.18 bits per heavy atom. The van der Waals surface area contributed by atoms with E-state index in [0.717, 1.165) is 4.90 Å². The molecule has 5 unspecified atom stereocenters. The first-order valence-electron chi connectivity index (χ1n) is 19.4. The van der Waals surface area contributed by atoms with E-state index in [1.54, 1.807) is 6.92 Å². The molecular formula is C35H63N5O21S. The lowest BCUT2D eigenvalue weighted by Gasteiger charge is -2.29. The van der Waals surface area contributed by atoms with Crippen molar-refractivity contribution >= 4 is 57.7 Å². The highest BCUT2D eigenvalue weighted by atomic mass is 32.2. The van der Waals surface area contributed by atoms with Gasteiger partial charge in [-0.3, -0.25) is 47.8 Å². The summed E-state index contributed by atoms with van der Waals surface area (Å²) in [6, 6.07) is -2.86. The molecule has 0 aromatic heterocycles. The number of unbranched alkanes of at least 4 members (excludes halogenated alkanes) is 1. The molecule has 0 fully saturated rings. The second kappa shape index (κ2) is 33.0. The van der Waals surface area contributed by atoms with Crippen LogP contribution in [0, 0.1) is 0 Å². The van der Waals surface area contributed by atoms with Gasteiger partial charge in [-0.05, 0) is 32.1 Å². The van der Waals surface area contributed by atoms with Crippen LogP contribution >= 0.6 is 0 Å². The highest BCUT2D eigenvalue weighted by molar-refractivity contribution is 7.85. The number of carboxylic acid groups (broad SMARTS) is 5. The van der Waals surface area contributed by atoms with Gasteiger partial charge in [-0.1, -0.05) is 13.8 Å². The molecule has 27 heteroatoms. The number of carbonyl (C=O) groups excluding carboxylic acids is 3. The van der Waals surface area contributed by atoms with E-state index in [4.69, 9.17) is 39.6 Å². The number of carboxylic acids is 5. The summed E-state index contributed by atoms with van der Waals surface area (Å²) in [5.74, 6) is -10.2. The summed E-state index contributed by atoms with van der Waals surface area (Å²) in [4.78, 5) is 93.8. The Kier molecular flexibility index (Phi) is 31.7. The van der Waals surface area contributed by atoms with E-state index in [1.807, 2.05) is 6.92 Å². The number of aliphatic hydroxyl groups is 3. The average Bonchev–Trinajstić information content (AvgIpc) is 3.15. The molecule has 0 aliphatic rings. The van der Waals surface area contributed by atoms with Crippen LogP contribution in [0.15, 0.2) is 0 Å². The average molecular weight is 922 g/mol. The Morgan fingerprint density at radius 3 is 1.60 bits per heavy atom. The van der Waals surface area contributed by atoms with Gasteiger partial charge < -0.3 is 70.8 Å². The molecule has 0 rings (SSSR count). The van der Waals surface area contributed by atoms with Crippen molar-refractivity contribution in [2.45, 2.75) is 89.7 Å². The molecular weight excluding hydrogens is 858 g/mol. The predicted molar refractivity (Wildman–Crippen MR) is 212 cm³/mol. The minimum Gasteiger partial charge on any atom is -0.480 e. The Labute approximate surface area is 358 Å². The highest BCUT2D eigenvalue weighted by Crippen LogP contribution is 2.08. The van der Waals surface area contributed by atoms with Gasteiger partial charge >= 0.3 is 29.8 Å². The van der Waals surface area contributed by atoms with Gasteiger partial charge in [-0.25, -0.2) is 0 Å². The van der Waals surface area contributed by atoms with Crippen molar-refractivity contribution in [3.05, 3.63) is 0 Å². The minimum atomic E-state index is -4.53. The number of carbonyl (C=O) groups is 8. The second-order valence-electron chi connectivity index (χ2n) is 13.7. The maximum Gasteiger partial charge on any atom is 0.323 e. The van der Waals surface area contributed by atoms with E-state index < -0.39 is 133 Å². The molecule has 0 aromatic carbocycles. The number of nitrogens with zero attached hydrogens (tertiary/aromatic N) is 3. The minimum absolute atomic E-state index is 0.0530. The van der Waals surface area contributed by atoms with Crippen molar-refractivity contribution in [1.82, 2.24) is 25.3 Å². The van der Waals surface area contributed by atoms with Gasteiger partial charge in [-0.2, -0.15) is 8.42 Å². The third-order valence-electron chi connectivity index (χ3n) is 8.30. The van der Waals surface area contributed by atoms with Crippen molar-refractivity contribution in [2.75, 3.05) is 84.5 Å². The van der Waals surface area contributed by atoms with E-state index in [-0.39, 0.29) is 39.4 Å². The summed E-state index contributed by atoms with van der Waals surface area (Å²) in [6.45, 7) is 1.98. The number of rotatable bonds is 35. The number of ether oxygens (including phenoxy) is 2. The summed E-state index contributed by atoms with van der Waals surface area (Å²) < 4.78 is 42.1. The van der Waals surface area contributed by atoms with Gasteiger partial charge in [0.15, 0.2) is 0 Å². The monoisotopic (exact) mass is 921 g/mol. The number of amides is 3. The number of hydrogen-bond donors (Lipinski definition) is 11. The van der Waals surface area contributed by atoms with Crippen molar-refractivity contribution in [2.24, 2.45) is 0 Å². The zero-order chi connectivity index (χ0) is 48.0. The van der Waals surface area contributed by atoms with Gasteiger partial charge in [0.1, 0.15) is 19.1 Å². The predicted octanol–water partition coefficient (Wildman–Crippen LogP) is -3.80. The van der Waals surface area contributed by atoms with Crippen LogP contribution in [0.2, 0.25) is 0 Å². The molecule has 3 amide bonds. The molecule has 0 aliphatic heterocycles. The topological polar surface area (TPSA) is 405 Å². The Morgan fingerprint density at radius 1 is 0.694 bits per heavy atom. The van der Waals surface area contributed by atoms with Gasteiger partial charge in [0.2, 0.25) is 17.7 Å². The lowest BCUT2D eigenvalue weighted by Crippen LogP contribution is -2.52. The van der Waals surface area contributed by atoms with Crippen LogP contribution in [0.25, 0.3) is 0 Å². The standard InChI is InChI=1S/C23H43N3O13S.C12H20N2O8/c1-3-18(28)15-38-9-4-5-10-39-16-19(29)12-25(17(2)27)8-7-24-23(34)20(6-11-40(35,36)37)26(13-21(30)31)14-22(32)33;1-2-7(15)4-13-8(12(21)22)3-9(16)14(5-10(17)18)6-11(19)20/h18-20,28-29H,3-16H2,1-2H3,(H,24,34)(H,30,31)(H,32,33)(H,35,36,37);7-8,13,15H,2-6H2,1H3,(H,17,18)(H,19,20)(H,21,22). The van der Waals surface area contributed by atoms with Gasteiger partial charge in [0.05, 0.1) is 62.8 Å². The first-order valence-corrected chi connectivity index (χ1v) is 21.0. The molecule has 360 valence electrons. The fourth-order valence-corrected chi connectivity index (χ4v) is 5.50. The number of aliphatic hydroxyl groups excluding tert-OH is 3. The van der Waals surface area contributed by atoms with Crippen molar-refractivity contribution in [3.8, 4) is 0 Å². The smallest absolute Gasteiger partial charge is 0.323 e. The summed E-state index contributed by atoms with van der Waals surface area (Å²) in [5, 5.41) is 78.3. The highest BCUT2D eigenvalue weighted by Gasteiger charge is 2.31. The zero-order valence-electron chi connectivity index (χ0n) is 35.0. The zero-order valence-corrected chi connectivity index (χ0v) is 35.8. The summed E-state index contributed by atoms with van der Waals surface area (Å²) in [5.41, 5.74) is 0. The third-order valence-corrected chi connectivity index (χ3v) is 9.05. The van der Waals surface area contributed by atoms with E-state index >= 15 is 0 Å². The number of nitrogens with one attached hydrogen (secondary N) is 2.